The zero-order chi connectivity index (χ0) is 24.0. The molecule has 0 N–H and O–H groups in total. The highest BCUT2D eigenvalue weighted by molar-refractivity contribution is 5.95. The van der Waals surface area contributed by atoms with Crippen LogP contribution in [0.4, 0.5) is 5.69 Å². The molecule has 33 heavy (non-hydrogen) atoms. The molecular formula is C23H26N4O6. The Bertz CT molecular complexity index is 1110. The van der Waals surface area contributed by atoms with Gasteiger partial charge in [0.05, 0.1) is 19.1 Å². The number of nitro groups is 1. The van der Waals surface area contributed by atoms with Crippen molar-refractivity contribution in [1.82, 2.24) is 15.0 Å². The molecule has 3 aromatic rings. The maximum absolute atomic E-state index is 13.1. The zero-order valence-electron chi connectivity index (χ0n) is 19.0. The number of nitrogens with zero attached hydrogens (tertiary/aromatic N) is 4. The fourth-order valence-corrected chi connectivity index (χ4v) is 3.29. The van der Waals surface area contributed by atoms with Crippen LogP contribution in [0, 0.1) is 10.1 Å². The molecule has 1 heterocycles. The van der Waals surface area contributed by atoms with E-state index in [0.717, 1.165) is 6.42 Å². The molecule has 174 valence electrons. The van der Waals surface area contributed by atoms with Crippen LogP contribution in [0.15, 0.2) is 47.0 Å². The molecule has 0 aliphatic carbocycles. The van der Waals surface area contributed by atoms with Crippen molar-refractivity contribution in [1.29, 1.82) is 0 Å². The Labute approximate surface area is 191 Å². The van der Waals surface area contributed by atoms with Gasteiger partial charge in [-0.15, -0.1) is 0 Å². The highest BCUT2D eigenvalue weighted by Crippen LogP contribution is 2.28. The average molecular weight is 454 g/mol. The number of rotatable bonds is 10. The van der Waals surface area contributed by atoms with Gasteiger partial charge in [-0.1, -0.05) is 18.1 Å². The standard InChI is InChI=1S/C23H26N4O6/c1-5-15(2)26(23(28)16-7-6-8-18(11-16)27(29)30)10-9-21-24-22(25-33-21)17-12-19(31-3)14-20(13-17)32-4/h6-8,11-15H,5,9-10H2,1-4H3/t15-/m1/s1. The van der Waals surface area contributed by atoms with Crippen LogP contribution in [0.3, 0.4) is 0 Å². The molecule has 0 saturated heterocycles. The number of aromatic nitrogens is 2. The largest absolute Gasteiger partial charge is 0.497 e. The molecule has 3 rings (SSSR count). The van der Waals surface area contributed by atoms with Crippen LogP contribution < -0.4 is 9.47 Å². The van der Waals surface area contributed by atoms with Crippen LogP contribution in [0.2, 0.25) is 0 Å². The molecule has 0 fully saturated rings. The molecule has 0 unspecified atom stereocenters. The Hall–Kier alpha value is -3.95. The number of ether oxygens (including phenoxy) is 2. The monoisotopic (exact) mass is 454 g/mol. The second kappa shape index (κ2) is 10.6. The van der Waals surface area contributed by atoms with Crippen molar-refractivity contribution in [2.75, 3.05) is 20.8 Å². The molecule has 0 spiro atoms. The lowest BCUT2D eigenvalue weighted by Crippen LogP contribution is -2.39. The smallest absolute Gasteiger partial charge is 0.270 e. The topological polar surface area (TPSA) is 121 Å². The summed E-state index contributed by atoms with van der Waals surface area (Å²) in [7, 11) is 3.12. The molecule has 0 saturated carbocycles. The summed E-state index contributed by atoms with van der Waals surface area (Å²) in [5.74, 6) is 1.65. The van der Waals surface area contributed by atoms with Gasteiger partial charge in [-0.05, 0) is 31.5 Å². The molecule has 1 aromatic heterocycles. The molecule has 0 bridgehead atoms. The Kier molecular flexibility index (Phi) is 7.60. The van der Waals surface area contributed by atoms with Gasteiger partial charge in [0.1, 0.15) is 11.5 Å². The minimum Gasteiger partial charge on any atom is -0.497 e. The van der Waals surface area contributed by atoms with Crippen LogP contribution in [0.25, 0.3) is 11.4 Å². The Morgan fingerprint density at radius 3 is 2.48 bits per heavy atom. The quantitative estimate of drug-likeness (QED) is 0.331. The third-order valence-corrected chi connectivity index (χ3v) is 5.33. The SMILES string of the molecule is CC[C@@H](C)N(CCc1nc(-c2cc(OC)cc(OC)c2)no1)C(=O)c1cccc([N+](=O)[O-])c1. The Morgan fingerprint density at radius 1 is 1.18 bits per heavy atom. The number of benzene rings is 2. The number of amides is 1. The van der Waals surface area contributed by atoms with Crippen LogP contribution >= 0.6 is 0 Å². The van der Waals surface area contributed by atoms with Gasteiger partial charge >= 0.3 is 0 Å². The first-order valence-corrected chi connectivity index (χ1v) is 10.5. The van der Waals surface area contributed by atoms with Gasteiger partial charge < -0.3 is 18.9 Å². The van der Waals surface area contributed by atoms with E-state index in [1.54, 1.807) is 43.4 Å². The van der Waals surface area contributed by atoms with Crippen molar-refractivity contribution in [3.63, 3.8) is 0 Å². The van der Waals surface area contributed by atoms with Gasteiger partial charge in [0.15, 0.2) is 0 Å². The Balaban J connectivity index is 1.78. The minimum absolute atomic E-state index is 0.0817. The predicted octanol–water partition coefficient (Wildman–Crippen LogP) is 4.15. The molecule has 1 amide bonds. The number of non-ortho nitro benzene ring substituents is 1. The van der Waals surface area contributed by atoms with Crippen molar-refractivity contribution in [3.8, 4) is 22.9 Å². The normalized spacial score (nSPS) is 11.6. The van der Waals surface area contributed by atoms with E-state index >= 15 is 0 Å². The molecule has 0 aliphatic rings. The number of hydrogen-bond donors (Lipinski definition) is 0. The van der Waals surface area contributed by atoms with E-state index < -0.39 is 4.92 Å². The van der Waals surface area contributed by atoms with E-state index in [1.165, 1.54) is 18.2 Å². The summed E-state index contributed by atoms with van der Waals surface area (Å²) in [6.07, 6.45) is 1.05. The predicted molar refractivity (Wildman–Crippen MR) is 120 cm³/mol. The number of carbonyl (C=O) groups excluding carboxylic acids is 1. The highest BCUT2D eigenvalue weighted by atomic mass is 16.6. The molecule has 10 nitrogen and oxygen atoms in total. The van der Waals surface area contributed by atoms with Gasteiger partial charge in [0.2, 0.25) is 11.7 Å². The number of hydrogen-bond acceptors (Lipinski definition) is 8. The molecule has 2 aromatic carbocycles. The summed E-state index contributed by atoms with van der Waals surface area (Å²) in [4.78, 5) is 29.8. The summed E-state index contributed by atoms with van der Waals surface area (Å²) in [5, 5.41) is 15.1. The maximum atomic E-state index is 13.1. The first-order chi connectivity index (χ1) is 15.9. The van der Waals surface area contributed by atoms with Crippen molar-refractivity contribution in [2.24, 2.45) is 0 Å². The van der Waals surface area contributed by atoms with Gasteiger partial charge in [-0.2, -0.15) is 4.98 Å². The first-order valence-electron chi connectivity index (χ1n) is 10.5. The number of carbonyl (C=O) groups is 1. The van der Waals surface area contributed by atoms with Gasteiger partial charge in [0.25, 0.3) is 11.6 Å². The van der Waals surface area contributed by atoms with E-state index in [-0.39, 0.29) is 23.2 Å². The molecule has 1 atom stereocenters. The lowest BCUT2D eigenvalue weighted by molar-refractivity contribution is -0.384. The van der Waals surface area contributed by atoms with E-state index in [0.29, 0.717) is 41.7 Å². The molecule has 10 heteroatoms. The van der Waals surface area contributed by atoms with Crippen LogP contribution in [-0.4, -0.2) is 52.7 Å². The van der Waals surface area contributed by atoms with Gasteiger partial charge in [0, 0.05) is 48.3 Å². The summed E-state index contributed by atoms with van der Waals surface area (Å²) < 4.78 is 16.0. The zero-order valence-corrected chi connectivity index (χ0v) is 19.0. The van der Waals surface area contributed by atoms with Crippen molar-refractivity contribution >= 4 is 11.6 Å². The van der Waals surface area contributed by atoms with Crippen LogP contribution in [0.5, 0.6) is 11.5 Å². The van der Waals surface area contributed by atoms with Gasteiger partial charge in [-0.3, -0.25) is 14.9 Å². The average Bonchev–Trinajstić information content (AvgIpc) is 3.32. The highest BCUT2D eigenvalue weighted by Gasteiger charge is 2.23. The Morgan fingerprint density at radius 2 is 1.88 bits per heavy atom. The molecule has 0 aliphatic heterocycles. The van der Waals surface area contributed by atoms with Crippen molar-refractivity contribution in [3.05, 3.63) is 64.0 Å². The van der Waals surface area contributed by atoms with Crippen molar-refractivity contribution in [2.45, 2.75) is 32.7 Å². The van der Waals surface area contributed by atoms with E-state index in [4.69, 9.17) is 14.0 Å². The minimum atomic E-state index is -0.516. The fourth-order valence-electron chi connectivity index (χ4n) is 3.29. The third kappa shape index (κ3) is 5.65. The lowest BCUT2D eigenvalue weighted by Gasteiger charge is -2.28. The lowest BCUT2D eigenvalue weighted by atomic mass is 10.1. The summed E-state index contributed by atoms with van der Waals surface area (Å²) >= 11 is 0. The summed E-state index contributed by atoms with van der Waals surface area (Å²) in [6, 6.07) is 10.9. The fraction of sp³-hybridized carbons (Fsp3) is 0.348. The van der Waals surface area contributed by atoms with Crippen molar-refractivity contribution < 1.29 is 23.7 Å². The summed E-state index contributed by atoms with van der Waals surface area (Å²) in [5.41, 5.74) is 0.812. The second-order valence-corrected chi connectivity index (χ2v) is 7.43. The molecular weight excluding hydrogens is 428 g/mol. The number of nitro benzene ring substituents is 1. The van der Waals surface area contributed by atoms with Crippen LogP contribution in [-0.2, 0) is 6.42 Å². The second-order valence-electron chi connectivity index (χ2n) is 7.43. The van der Waals surface area contributed by atoms with E-state index in [2.05, 4.69) is 10.1 Å². The van der Waals surface area contributed by atoms with Crippen LogP contribution in [0.1, 0.15) is 36.5 Å². The molecule has 0 radical (unpaired) electrons. The summed E-state index contributed by atoms with van der Waals surface area (Å²) in [6.45, 7) is 4.22. The van der Waals surface area contributed by atoms with E-state index in [9.17, 15) is 14.9 Å². The first kappa shape index (κ1) is 23.7. The number of methoxy groups -OCH3 is 2. The third-order valence-electron chi connectivity index (χ3n) is 5.33. The van der Waals surface area contributed by atoms with E-state index in [1.807, 2.05) is 13.8 Å². The maximum Gasteiger partial charge on any atom is 0.270 e. The van der Waals surface area contributed by atoms with Gasteiger partial charge in [-0.25, -0.2) is 0 Å².